The van der Waals surface area contributed by atoms with E-state index in [1.807, 2.05) is 0 Å². The van der Waals surface area contributed by atoms with Gasteiger partial charge in [-0.3, -0.25) is 9.48 Å². The van der Waals surface area contributed by atoms with Crippen LogP contribution in [0.2, 0.25) is 10.0 Å². The summed E-state index contributed by atoms with van der Waals surface area (Å²) in [6, 6.07) is 8.48. The van der Waals surface area contributed by atoms with Crippen LogP contribution >= 0.6 is 23.2 Å². The first kappa shape index (κ1) is 24.4. The third-order valence-electron chi connectivity index (χ3n) is 6.41. The third-order valence-corrected chi connectivity index (χ3v) is 7.07. The van der Waals surface area contributed by atoms with Crippen molar-refractivity contribution in [2.24, 2.45) is 0 Å². The van der Waals surface area contributed by atoms with Gasteiger partial charge in [-0.1, -0.05) is 23.2 Å². The molecule has 6 nitrogen and oxygen atoms in total. The van der Waals surface area contributed by atoms with Crippen molar-refractivity contribution in [3.05, 3.63) is 93.2 Å². The summed E-state index contributed by atoms with van der Waals surface area (Å²) < 4.78 is 56.1. The van der Waals surface area contributed by atoms with Crippen molar-refractivity contribution >= 4 is 62.3 Å². The molecule has 0 spiro atoms. The van der Waals surface area contributed by atoms with Crippen molar-refractivity contribution < 1.29 is 22.4 Å². The van der Waals surface area contributed by atoms with Crippen molar-refractivity contribution in [2.45, 2.75) is 19.0 Å². The summed E-state index contributed by atoms with van der Waals surface area (Å²) in [5.74, 6) is -1.46. The van der Waals surface area contributed by atoms with Gasteiger partial charge in [0.1, 0.15) is 24.0 Å². The number of hydrogen-bond donors (Lipinski definition) is 2. The summed E-state index contributed by atoms with van der Waals surface area (Å²) in [5, 5.41) is 11.6. The van der Waals surface area contributed by atoms with Gasteiger partial charge in [-0.15, -0.1) is 0 Å². The van der Waals surface area contributed by atoms with E-state index >= 15 is 0 Å². The lowest BCUT2D eigenvalue weighted by atomic mass is 9.94. The lowest BCUT2D eigenvalue weighted by Gasteiger charge is -2.19. The Labute approximate surface area is 222 Å². The molecular formula is C26H15Cl2F4N5O. The van der Waals surface area contributed by atoms with Crippen LogP contribution in [0.3, 0.4) is 0 Å². The Morgan fingerprint density at radius 3 is 2.61 bits per heavy atom. The molecule has 6 rings (SSSR count). The average Bonchev–Trinajstić information content (AvgIpc) is 3.41. The molecule has 2 aromatic heterocycles. The number of anilines is 2. The molecule has 0 aliphatic carbocycles. The third kappa shape index (κ3) is 4.00. The van der Waals surface area contributed by atoms with Gasteiger partial charge in [0.2, 0.25) is 0 Å². The number of amides is 1. The fourth-order valence-electron chi connectivity index (χ4n) is 4.84. The molecule has 1 aliphatic heterocycles. The molecule has 3 aromatic carbocycles. The molecule has 0 saturated carbocycles. The van der Waals surface area contributed by atoms with Crippen LogP contribution in [0.1, 0.15) is 27.5 Å². The van der Waals surface area contributed by atoms with E-state index < -0.39 is 36.6 Å². The number of aromatic nitrogens is 3. The number of hydrogen-bond acceptors (Lipinski definition) is 4. The highest BCUT2D eigenvalue weighted by Crippen LogP contribution is 2.44. The van der Waals surface area contributed by atoms with Crippen LogP contribution in [0.15, 0.2) is 54.9 Å². The summed E-state index contributed by atoms with van der Waals surface area (Å²) in [6.45, 7) is -0.699. The van der Waals surface area contributed by atoms with E-state index in [9.17, 15) is 22.4 Å². The number of halogens is 6. The maximum Gasteiger partial charge on any atom is 0.257 e. The fraction of sp³-hybridized carbons (Fsp3) is 0.115. The molecule has 38 heavy (non-hydrogen) atoms. The number of carbonyl (C=O) groups is 1. The second-order valence-corrected chi connectivity index (χ2v) is 9.52. The van der Waals surface area contributed by atoms with Crippen LogP contribution < -0.4 is 10.6 Å². The minimum absolute atomic E-state index is 0.167. The van der Waals surface area contributed by atoms with E-state index in [-0.39, 0.29) is 32.6 Å². The number of carbonyl (C=O) groups excluding carboxylic acids is 1. The van der Waals surface area contributed by atoms with E-state index in [0.717, 1.165) is 4.68 Å². The number of rotatable bonds is 5. The molecule has 3 heterocycles. The van der Waals surface area contributed by atoms with Gasteiger partial charge < -0.3 is 10.6 Å². The molecule has 1 amide bonds. The van der Waals surface area contributed by atoms with E-state index in [2.05, 4.69) is 20.7 Å². The number of nitrogens with zero attached hydrogens (tertiary/aromatic N) is 3. The lowest BCUT2D eigenvalue weighted by molar-refractivity contribution is 0.0961. The predicted molar refractivity (Wildman–Crippen MR) is 136 cm³/mol. The molecule has 1 aliphatic rings. The highest BCUT2D eigenvalue weighted by atomic mass is 35.5. The largest absolute Gasteiger partial charge is 0.341 e. The summed E-state index contributed by atoms with van der Waals surface area (Å²) in [7, 11) is 0. The van der Waals surface area contributed by atoms with Gasteiger partial charge in [-0.05, 0) is 42.5 Å². The zero-order valence-electron chi connectivity index (χ0n) is 19.1. The molecular weight excluding hydrogens is 545 g/mol. The lowest BCUT2D eigenvalue weighted by Crippen LogP contribution is -2.20. The van der Waals surface area contributed by atoms with Gasteiger partial charge in [0, 0.05) is 44.2 Å². The maximum absolute atomic E-state index is 14.3. The second kappa shape index (κ2) is 9.14. The Bertz CT molecular complexity index is 1770. The second-order valence-electron chi connectivity index (χ2n) is 8.70. The first-order valence-corrected chi connectivity index (χ1v) is 12.0. The monoisotopic (exact) mass is 559 g/mol. The van der Waals surface area contributed by atoms with E-state index in [1.54, 1.807) is 12.1 Å². The van der Waals surface area contributed by atoms with Crippen LogP contribution in [0, 0.1) is 11.6 Å². The van der Waals surface area contributed by atoms with Gasteiger partial charge in [0.15, 0.2) is 0 Å². The van der Waals surface area contributed by atoms with Crippen molar-refractivity contribution in [1.82, 2.24) is 20.1 Å². The SMILES string of the molecule is O=C1NC(c2cc(F)ccc2Cl)c2c(Nc3nccc4c(Cl)cc(F)cc34)cc3c(cnn3CC(F)F)c21. The summed E-state index contributed by atoms with van der Waals surface area (Å²) in [6.07, 6.45) is 0.111. The number of benzene rings is 3. The summed E-state index contributed by atoms with van der Waals surface area (Å²) in [5.41, 5.74) is 1.39. The molecule has 1 atom stereocenters. The summed E-state index contributed by atoms with van der Waals surface area (Å²) in [4.78, 5) is 17.6. The van der Waals surface area contributed by atoms with Crippen LogP contribution in [-0.4, -0.2) is 27.1 Å². The van der Waals surface area contributed by atoms with Crippen LogP contribution in [0.5, 0.6) is 0 Å². The maximum atomic E-state index is 14.3. The van der Waals surface area contributed by atoms with Gasteiger partial charge >= 0.3 is 0 Å². The molecule has 0 fully saturated rings. The quantitative estimate of drug-likeness (QED) is 0.227. The Morgan fingerprint density at radius 1 is 1.00 bits per heavy atom. The molecule has 2 N–H and O–H groups in total. The normalized spacial score (nSPS) is 14.9. The predicted octanol–water partition coefficient (Wildman–Crippen LogP) is 7.01. The van der Waals surface area contributed by atoms with Gasteiger partial charge in [0.05, 0.1) is 28.3 Å². The van der Waals surface area contributed by atoms with Crippen molar-refractivity contribution in [1.29, 1.82) is 0 Å². The Hall–Kier alpha value is -3.89. The highest BCUT2D eigenvalue weighted by molar-refractivity contribution is 6.36. The smallest absolute Gasteiger partial charge is 0.257 e. The van der Waals surface area contributed by atoms with Crippen LogP contribution in [0.25, 0.3) is 21.7 Å². The van der Waals surface area contributed by atoms with Gasteiger partial charge in [0.25, 0.3) is 12.3 Å². The average molecular weight is 560 g/mol. The summed E-state index contributed by atoms with van der Waals surface area (Å²) >= 11 is 12.6. The fourth-order valence-corrected chi connectivity index (χ4v) is 5.33. The van der Waals surface area contributed by atoms with Gasteiger partial charge in [-0.25, -0.2) is 22.5 Å². The van der Waals surface area contributed by atoms with Crippen molar-refractivity contribution in [3.8, 4) is 0 Å². The van der Waals surface area contributed by atoms with E-state index in [0.29, 0.717) is 27.3 Å². The topological polar surface area (TPSA) is 71.8 Å². The van der Waals surface area contributed by atoms with Gasteiger partial charge in [-0.2, -0.15) is 5.10 Å². The molecule has 12 heteroatoms. The van der Waals surface area contributed by atoms with Crippen LogP contribution in [0.4, 0.5) is 29.1 Å². The number of fused-ring (bicyclic) bond motifs is 4. The minimum atomic E-state index is -2.69. The first-order valence-electron chi connectivity index (χ1n) is 11.3. The van der Waals surface area contributed by atoms with Crippen molar-refractivity contribution in [2.75, 3.05) is 5.32 Å². The van der Waals surface area contributed by atoms with Crippen LogP contribution in [-0.2, 0) is 6.54 Å². The molecule has 0 saturated heterocycles. The minimum Gasteiger partial charge on any atom is -0.341 e. The zero-order valence-corrected chi connectivity index (χ0v) is 20.6. The number of nitrogens with one attached hydrogen (secondary N) is 2. The molecule has 5 aromatic rings. The first-order chi connectivity index (χ1) is 18.2. The number of alkyl halides is 2. The molecule has 192 valence electrons. The Kier molecular flexibility index (Phi) is 5.88. The van der Waals surface area contributed by atoms with E-state index in [4.69, 9.17) is 23.2 Å². The molecule has 1 unspecified atom stereocenters. The zero-order chi connectivity index (χ0) is 26.7. The number of pyridine rings is 1. The van der Waals surface area contributed by atoms with Crippen molar-refractivity contribution in [3.63, 3.8) is 0 Å². The Morgan fingerprint density at radius 2 is 1.82 bits per heavy atom. The standard InChI is InChI=1S/C26H15Cl2F4N5O/c27-17-2-1-11(29)5-15(17)24-23-19(35-25-14-6-12(30)7-18(28)13(14)3-4-33-25)8-20-16(22(23)26(38)36-24)9-34-37(20)10-21(31)32/h1-9,21,24H,10H2,(H,33,35)(H,36,38). The molecule has 0 radical (unpaired) electrons. The molecule has 0 bridgehead atoms. The Balaban J connectivity index is 1.62. The van der Waals surface area contributed by atoms with E-state index in [1.165, 1.54) is 42.7 Å². The highest BCUT2D eigenvalue weighted by Gasteiger charge is 2.36.